The molecule has 1 heterocycles. The molecule has 0 amide bonds. The zero-order chi connectivity index (χ0) is 17.8. The minimum Gasteiger partial charge on any atom is -0.488 e. The molecule has 0 fully saturated rings. The van der Waals surface area contributed by atoms with Crippen molar-refractivity contribution >= 4 is 5.97 Å². The first-order chi connectivity index (χ1) is 12.1. The minimum atomic E-state index is -0.695. The highest BCUT2D eigenvalue weighted by Crippen LogP contribution is 2.24. The molecule has 1 aromatic heterocycles. The average Bonchev–Trinajstić information content (AvgIpc) is 2.93. The van der Waals surface area contributed by atoms with Gasteiger partial charge in [0, 0.05) is 0 Å². The Balaban J connectivity index is 1.79. The number of carbonyl (C=O) groups excluding carboxylic acids is 1. The lowest BCUT2D eigenvalue weighted by Crippen LogP contribution is -2.12. The molecule has 0 aliphatic heterocycles. The van der Waals surface area contributed by atoms with Gasteiger partial charge in [0.25, 0.3) is 0 Å². The fourth-order valence-electron chi connectivity index (χ4n) is 2.30. The average molecular weight is 341 g/mol. The van der Waals surface area contributed by atoms with Crippen LogP contribution in [0.15, 0.2) is 53.1 Å². The van der Waals surface area contributed by atoms with Crippen molar-refractivity contribution in [1.82, 2.24) is 5.16 Å². The van der Waals surface area contributed by atoms with Crippen LogP contribution >= 0.6 is 0 Å². The van der Waals surface area contributed by atoms with E-state index in [1.54, 1.807) is 37.3 Å². The second-order valence-electron chi connectivity index (χ2n) is 5.41. The predicted molar refractivity (Wildman–Crippen MR) is 88.1 cm³/mol. The molecule has 2 aromatic carbocycles. The van der Waals surface area contributed by atoms with Crippen LogP contribution in [0.1, 0.15) is 27.4 Å². The number of carbonyl (C=O) groups is 1. The van der Waals surface area contributed by atoms with Gasteiger partial charge >= 0.3 is 5.97 Å². The summed E-state index contributed by atoms with van der Waals surface area (Å²) >= 11 is 0. The third-order valence-corrected chi connectivity index (χ3v) is 3.70. The van der Waals surface area contributed by atoms with Gasteiger partial charge < -0.3 is 14.0 Å². The Hall–Kier alpha value is -3.15. The van der Waals surface area contributed by atoms with Crippen molar-refractivity contribution in [1.29, 1.82) is 0 Å². The molecule has 0 aliphatic carbocycles. The van der Waals surface area contributed by atoms with Crippen LogP contribution < -0.4 is 9.47 Å². The van der Waals surface area contributed by atoms with Crippen LogP contribution in [-0.4, -0.2) is 11.1 Å². The Morgan fingerprint density at radius 1 is 1.08 bits per heavy atom. The summed E-state index contributed by atoms with van der Waals surface area (Å²) < 4.78 is 29.6. The standard InChI is InChI=1S/C19H16FNO4/c1-12-15(13(2)25-21-12)11-23-17-9-5-3-7-14(17)19(22)24-18-10-6-4-8-16(18)20/h3-10H,11H2,1-2H3. The quantitative estimate of drug-likeness (QED) is 0.513. The highest BCUT2D eigenvalue weighted by atomic mass is 19.1. The lowest BCUT2D eigenvalue weighted by atomic mass is 10.2. The highest BCUT2D eigenvalue weighted by Gasteiger charge is 2.17. The Morgan fingerprint density at radius 3 is 2.44 bits per heavy atom. The Labute approximate surface area is 144 Å². The van der Waals surface area contributed by atoms with E-state index in [4.69, 9.17) is 14.0 Å². The number of ether oxygens (including phenoxy) is 2. The summed E-state index contributed by atoms with van der Waals surface area (Å²) in [5.41, 5.74) is 1.75. The van der Waals surface area contributed by atoms with Gasteiger partial charge in [0.1, 0.15) is 23.7 Å². The molecular weight excluding hydrogens is 325 g/mol. The maximum Gasteiger partial charge on any atom is 0.347 e. The van der Waals surface area contributed by atoms with E-state index in [9.17, 15) is 9.18 Å². The molecule has 5 nitrogen and oxygen atoms in total. The molecule has 3 aromatic rings. The van der Waals surface area contributed by atoms with Gasteiger partial charge in [-0.25, -0.2) is 9.18 Å². The zero-order valence-corrected chi connectivity index (χ0v) is 13.8. The van der Waals surface area contributed by atoms with E-state index in [0.717, 1.165) is 11.3 Å². The van der Waals surface area contributed by atoms with Crippen molar-refractivity contribution in [3.8, 4) is 11.5 Å². The lowest BCUT2D eigenvalue weighted by molar-refractivity contribution is 0.0723. The van der Waals surface area contributed by atoms with Crippen molar-refractivity contribution in [2.75, 3.05) is 0 Å². The fourth-order valence-corrected chi connectivity index (χ4v) is 2.30. The van der Waals surface area contributed by atoms with Crippen molar-refractivity contribution in [3.05, 3.63) is 76.9 Å². The smallest absolute Gasteiger partial charge is 0.347 e. The van der Waals surface area contributed by atoms with Crippen molar-refractivity contribution < 1.29 is 23.2 Å². The molecule has 0 atom stereocenters. The van der Waals surface area contributed by atoms with Crippen LogP contribution in [-0.2, 0) is 6.61 Å². The Morgan fingerprint density at radius 2 is 1.76 bits per heavy atom. The van der Waals surface area contributed by atoms with Crippen LogP contribution in [0.2, 0.25) is 0 Å². The first-order valence-corrected chi connectivity index (χ1v) is 7.66. The molecule has 3 rings (SSSR count). The van der Waals surface area contributed by atoms with E-state index < -0.39 is 11.8 Å². The Bertz CT molecular complexity index is 884. The number of halogens is 1. The predicted octanol–water partition coefficient (Wildman–Crippen LogP) is 4.23. The monoisotopic (exact) mass is 341 g/mol. The lowest BCUT2D eigenvalue weighted by Gasteiger charge is -2.11. The van der Waals surface area contributed by atoms with E-state index in [2.05, 4.69) is 5.16 Å². The van der Waals surface area contributed by atoms with Gasteiger partial charge in [-0.05, 0) is 38.1 Å². The third-order valence-electron chi connectivity index (χ3n) is 3.70. The van der Waals surface area contributed by atoms with Crippen LogP contribution in [0.4, 0.5) is 4.39 Å². The SMILES string of the molecule is Cc1noc(C)c1COc1ccccc1C(=O)Oc1ccccc1F. The highest BCUT2D eigenvalue weighted by molar-refractivity contribution is 5.94. The molecule has 0 saturated heterocycles. The number of rotatable bonds is 5. The number of nitrogens with zero attached hydrogens (tertiary/aromatic N) is 1. The summed E-state index contributed by atoms with van der Waals surface area (Å²) in [7, 11) is 0. The molecule has 0 saturated carbocycles. The first-order valence-electron chi connectivity index (χ1n) is 7.66. The van der Waals surface area contributed by atoms with Crippen molar-refractivity contribution in [2.24, 2.45) is 0 Å². The molecule has 25 heavy (non-hydrogen) atoms. The molecule has 0 bridgehead atoms. The molecule has 0 aliphatic rings. The molecule has 0 N–H and O–H groups in total. The third kappa shape index (κ3) is 3.68. The van der Waals surface area contributed by atoms with Gasteiger partial charge in [0.05, 0.1) is 11.3 Å². The number of benzene rings is 2. The second-order valence-corrected chi connectivity index (χ2v) is 5.41. The van der Waals surface area contributed by atoms with Gasteiger partial charge in [0.15, 0.2) is 11.6 Å². The molecule has 0 unspecified atom stereocenters. The summed E-state index contributed by atoms with van der Waals surface area (Å²) in [5, 5.41) is 3.86. The molecular formula is C19H16FNO4. The summed E-state index contributed by atoms with van der Waals surface area (Å²) in [5.74, 6) is -0.440. The molecule has 6 heteroatoms. The van der Waals surface area contributed by atoms with Crippen LogP contribution in [0, 0.1) is 19.7 Å². The van der Waals surface area contributed by atoms with Gasteiger partial charge in [-0.2, -0.15) is 0 Å². The minimum absolute atomic E-state index is 0.131. The number of hydrogen-bond donors (Lipinski definition) is 0. The van der Waals surface area contributed by atoms with E-state index in [0.29, 0.717) is 11.5 Å². The van der Waals surface area contributed by atoms with E-state index in [1.807, 2.05) is 6.92 Å². The molecule has 128 valence electrons. The molecule has 0 spiro atoms. The summed E-state index contributed by atoms with van der Waals surface area (Å²) in [4.78, 5) is 12.4. The van der Waals surface area contributed by atoms with E-state index in [-0.39, 0.29) is 17.9 Å². The van der Waals surface area contributed by atoms with Gasteiger partial charge in [-0.1, -0.05) is 29.4 Å². The van der Waals surface area contributed by atoms with Gasteiger partial charge in [-0.15, -0.1) is 0 Å². The maximum atomic E-state index is 13.7. The van der Waals surface area contributed by atoms with Crippen LogP contribution in [0.3, 0.4) is 0 Å². The molecule has 0 radical (unpaired) electrons. The normalized spacial score (nSPS) is 10.5. The van der Waals surface area contributed by atoms with Crippen LogP contribution in [0.25, 0.3) is 0 Å². The van der Waals surface area contributed by atoms with E-state index in [1.165, 1.54) is 18.2 Å². The topological polar surface area (TPSA) is 61.6 Å². The maximum absolute atomic E-state index is 13.7. The van der Waals surface area contributed by atoms with Crippen molar-refractivity contribution in [3.63, 3.8) is 0 Å². The summed E-state index contributed by atoms with van der Waals surface area (Å²) in [6.07, 6.45) is 0. The number of aryl methyl sites for hydroxylation is 2. The van der Waals surface area contributed by atoms with Crippen LogP contribution in [0.5, 0.6) is 11.5 Å². The Kier molecular flexibility index (Phi) is 4.79. The zero-order valence-electron chi connectivity index (χ0n) is 13.8. The van der Waals surface area contributed by atoms with Gasteiger partial charge in [0.2, 0.25) is 0 Å². The fraction of sp³-hybridized carbons (Fsp3) is 0.158. The van der Waals surface area contributed by atoms with E-state index >= 15 is 0 Å². The van der Waals surface area contributed by atoms with Gasteiger partial charge in [-0.3, -0.25) is 0 Å². The van der Waals surface area contributed by atoms with Crippen molar-refractivity contribution in [2.45, 2.75) is 20.5 Å². The second kappa shape index (κ2) is 7.17. The summed E-state index contributed by atoms with van der Waals surface area (Å²) in [6, 6.07) is 12.4. The number of para-hydroxylation sites is 2. The number of hydrogen-bond acceptors (Lipinski definition) is 5. The summed E-state index contributed by atoms with van der Waals surface area (Å²) in [6.45, 7) is 3.80. The first kappa shape index (κ1) is 16.7. The largest absolute Gasteiger partial charge is 0.488 e. The number of esters is 1. The number of aromatic nitrogens is 1.